The number of nitrogen functional groups attached to an aromatic ring is 1. The fourth-order valence-corrected chi connectivity index (χ4v) is 3.57. The molecular formula is C19H20N4. The highest BCUT2D eigenvalue weighted by molar-refractivity contribution is 5.59. The average molecular weight is 304 g/mol. The zero-order valence-corrected chi connectivity index (χ0v) is 13.2. The molecule has 4 nitrogen and oxygen atoms in total. The van der Waals surface area contributed by atoms with Gasteiger partial charge >= 0.3 is 0 Å². The van der Waals surface area contributed by atoms with E-state index < -0.39 is 0 Å². The molecule has 2 N–H and O–H groups in total. The molecule has 0 saturated carbocycles. The number of hydrogen-bond acceptors (Lipinski definition) is 3. The van der Waals surface area contributed by atoms with Gasteiger partial charge in [-0.05, 0) is 36.2 Å². The average Bonchev–Trinajstić information content (AvgIpc) is 2.97. The Morgan fingerprint density at radius 3 is 2.78 bits per heavy atom. The fraction of sp³-hybridized carbons (Fsp3) is 0.211. The molecule has 1 aliphatic heterocycles. The maximum absolute atomic E-state index is 6.32. The molecule has 0 saturated heterocycles. The van der Waals surface area contributed by atoms with Crippen LogP contribution in [-0.4, -0.2) is 16.1 Å². The van der Waals surface area contributed by atoms with Crippen molar-refractivity contribution >= 4 is 11.4 Å². The van der Waals surface area contributed by atoms with Crippen molar-refractivity contribution in [2.45, 2.75) is 12.5 Å². The van der Waals surface area contributed by atoms with Crippen molar-refractivity contribution in [2.24, 2.45) is 7.05 Å². The highest BCUT2D eigenvalue weighted by Gasteiger charge is 2.32. The second kappa shape index (κ2) is 5.47. The van der Waals surface area contributed by atoms with Gasteiger partial charge in [0, 0.05) is 42.9 Å². The van der Waals surface area contributed by atoms with E-state index in [1.807, 2.05) is 30.6 Å². The molecule has 2 aromatic heterocycles. The van der Waals surface area contributed by atoms with Crippen LogP contribution in [0.2, 0.25) is 0 Å². The first-order chi connectivity index (χ1) is 11.3. The van der Waals surface area contributed by atoms with E-state index >= 15 is 0 Å². The Bertz CT molecular complexity index is 822. The second-order valence-corrected chi connectivity index (χ2v) is 6.02. The van der Waals surface area contributed by atoms with Crippen LogP contribution in [0.3, 0.4) is 0 Å². The first kappa shape index (κ1) is 13.9. The zero-order valence-electron chi connectivity index (χ0n) is 13.2. The maximum atomic E-state index is 6.32. The standard InChI is InChI=1S/C19H20N4/c1-22-11-8-14-9-12-23(15-5-4-10-21-13-15)19(18(14)22)16-6-2-3-7-17(16)20/h2-8,10-11,13,19H,9,12,20H2,1H3. The number of anilines is 2. The van der Waals surface area contributed by atoms with Gasteiger partial charge in [0.1, 0.15) is 0 Å². The van der Waals surface area contributed by atoms with Crippen molar-refractivity contribution in [3.05, 3.63) is 77.9 Å². The molecule has 116 valence electrons. The molecule has 1 unspecified atom stereocenters. The summed E-state index contributed by atoms with van der Waals surface area (Å²) < 4.78 is 2.22. The second-order valence-electron chi connectivity index (χ2n) is 6.02. The predicted octanol–water partition coefficient (Wildman–Crippen LogP) is 3.15. The van der Waals surface area contributed by atoms with Gasteiger partial charge in [0.05, 0.1) is 17.9 Å². The number of rotatable bonds is 2. The topological polar surface area (TPSA) is 47.1 Å². The van der Waals surface area contributed by atoms with E-state index in [2.05, 4.69) is 52.0 Å². The Hall–Kier alpha value is -2.75. The summed E-state index contributed by atoms with van der Waals surface area (Å²) >= 11 is 0. The van der Waals surface area contributed by atoms with Gasteiger partial charge in [-0.1, -0.05) is 18.2 Å². The quantitative estimate of drug-likeness (QED) is 0.740. The molecule has 0 aliphatic carbocycles. The van der Waals surface area contributed by atoms with Crippen LogP contribution in [0.1, 0.15) is 22.9 Å². The number of nitrogens with two attached hydrogens (primary N) is 1. The minimum absolute atomic E-state index is 0.115. The highest BCUT2D eigenvalue weighted by Crippen LogP contribution is 2.40. The molecule has 3 heterocycles. The maximum Gasteiger partial charge on any atom is 0.0969 e. The smallest absolute Gasteiger partial charge is 0.0969 e. The third kappa shape index (κ3) is 2.27. The molecule has 0 radical (unpaired) electrons. The number of benzene rings is 1. The summed E-state index contributed by atoms with van der Waals surface area (Å²) in [4.78, 5) is 6.70. The van der Waals surface area contributed by atoms with Crippen LogP contribution in [0.25, 0.3) is 0 Å². The number of para-hydroxylation sites is 1. The lowest BCUT2D eigenvalue weighted by molar-refractivity contribution is 0.612. The number of pyridine rings is 1. The Morgan fingerprint density at radius 2 is 2.00 bits per heavy atom. The van der Waals surface area contributed by atoms with E-state index in [9.17, 15) is 0 Å². The van der Waals surface area contributed by atoms with Crippen LogP contribution < -0.4 is 10.6 Å². The van der Waals surface area contributed by atoms with Crippen LogP contribution in [0.15, 0.2) is 61.1 Å². The third-order valence-corrected chi connectivity index (χ3v) is 4.67. The summed E-state index contributed by atoms with van der Waals surface area (Å²) in [5.41, 5.74) is 12.2. The molecule has 1 atom stereocenters. The van der Waals surface area contributed by atoms with E-state index in [1.165, 1.54) is 11.3 Å². The van der Waals surface area contributed by atoms with Gasteiger partial charge in [0.25, 0.3) is 0 Å². The van der Waals surface area contributed by atoms with Gasteiger partial charge in [0.2, 0.25) is 0 Å². The predicted molar refractivity (Wildman–Crippen MR) is 93.4 cm³/mol. The Balaban J connectivity index is 1.91. The summed E-state index contributed by atoms with van der Waals surface area (Å²) in [6.45, 7) is 0.960. The SMILES string of the molecule is Cn1ccc2c1C(c1ccccc1N)N(c1cccnc1)CC2. The van der Waals surface area contributed by atoms with E-state index in [4.69, 9.17) is 5.73 Å². The highest BCUT2D eigenvalue weighted by atomic mass is 15.2. The van der Waals surface area contributed by atoms with Crippen molar-refractivity contribution in [1.82, 2.24) is 9.55 Å². The Morgan fingerprint density at radius 1 is 1.13 bits per heavy atom. The van der Waals surface area contributed by atoms with Crippen molar-refractivity contribution in [2.75, 3.05) is 17.2 Å². The first-order valence-electron chi connectivity index (χ1n) is 7.91. The van der Waals surface area contributed by atoms with Crippen molar-refractivity contribution in [3.8, 4) is 0 Å². The van der Waals surface area contributed by atoms with Crippen molar-refractivity contribution < 1.29 is 0 Å². The summed E-state index contributed by atoms with van der Waals surface area (Å²) in [5, 5.41) is 0. The van der Waals surface area contributed by atoms with Crippen LogP contribution in [0.4, 0.5) is 11.4 Å². The van der Waals surface area contributed by atoms with Gasteiger partial charge in [-0.3, -0.25) is 4.98 Å². The summed E-state index contributed by atoms with van der Waals surface area (Å²) in [6.07, 6.45) is 6.92. The molecule has 23 heavy (non-hydrogen) atoms. The van der Waals surface area contributed by atoms with Gasteiger partial charge in [-0.25, -0.2) is 0 Å². The number of aromatic nitrogens is 2. The zero-order chi connectivity index (χ0) is 15.8. The van der Waals surface area contributed by atoms with E-state index in [0.717, 1.165) is 29.9 Å². The first-order valence-corrected chi connectivity index (χ1v) is 7.91. The van der Waals surface area contributed by atoms with Gasteiger partial charge < -0.3 is 15.2 Å². The molecule has 4 heteroatoms. The minimum atomic E-state index is 0.115. The fourth-order valence-electron chi connectivity index (χ4n) is 3.57. The van der Waals surface area contributed by atoms with Crippen LogP contribution >= 0.6 is 0 Å². The minimum Gasteiger partial charge on any atom is -0.398 e. The Kier molecular flexibility index (Phi) is 3.30. The van der Waals surface area contributed by atoms with Crippen LogP contribution in [-0.2, 0) is 13.5 Å². The molecule has 4 rings (SSSR count). The molecular weight excluding hydrogens is 284 g/mol. The third-order valence-electron chi connectivity index (χ3n) is 4.67. The lowest BCUT2D eigenvalue weighted by atomic mass is 9.92. The summed E-state index contributed by atoms with van der Waals surface area (Å²) in [5.74, 6) is 0. The van der Waals surface area contributed by atoms with Gasteiger partial charge in [0.15, 0.2) is 0 Å². The van der Waals surface area contributed by atoms with E-state index in [1.54, 1.807) is 0 Å². The van der Waals surface area contributed by atoms with Crippen molar-refractivity contribution in [1.29, 1.82) is 0 Å². The molecule has 3 aromatic rings. The molecule has 0 bridgehead atoms. The number of nitrogens with zero attached hydrogens (tertiary/aromatic N) is 3. The largest absolute Gasteiger partial charge is 0.398 e. The number of hydrogen-bond donors (Lipinski definition) is 1. The van der Waals surface area contributed by atoms with Crippen LogP contribution in [0, 0.1) is 0 Å². The van der Waals surface area contributed by atoms with Gasteiger partial charge in [-0.2, -0.15) is 0 Å². The van der Waals surface area contributed by atoms with Gasteiger partial charge in [-0.15, -0.1) is 0 Å². The number of fused-ring (bicyclic) bond motifs is 1. The van der Waals surface area contributed by atoms with Crippen molar-refractivity contribution in [3.63, 3.8) is 0 Å². The lowest BCUT2D eigenvalue weighted by Crippen LogP contribution is -2.37. The summed E-state index contributed by atoms with van der Waals surface area (Å²) in [7, 11) is 2.11. The van der Waals surface area contributed by atoms with E-state index in [-0.39, 0.29) is 6.04 Å². The normalized spacial score (nSPS) is 17.1. The number of aryl methyl sites for hydroxylation is 1. The molecule has 0 spiro atoms. The summed E-state index contributed by atoms with van der Waals surface area (Å²) in [6, 6.07) is 14.6. The molecule has 0 fully saturated rings. The lowest BCUT2D eigenvalue weighted by Gasteiger charge is -2.39. The Labute approximate surface area is 136 Å². The monoisotopic (exact) mass is 304 g/mol. The van der Waals surface area contributed by atoms with E-state index in [0.29, 0.717) is 0 Å². The van der Waals surface area contributed by atoms with Crippen LogP contribution in [0.5, 0.6) is 0 Å². The molecule has 1 aromatic carbocycles. The molecule has 0 amide bonds. The molecule has 1 aliphatic rings.